The summed E-state index contributed by atoms with van der Waals surface area (Å²) in [6.07, 6.45) is 4.56. The predicted molar refractivity (Wildman–Crippen MR) is 125 cm³/mol. The number of rotatable bonds is 10. The van der Waals surface area contributed by atoms with Gasteiger partial charge in [-0.25, -0.2) is 4.68 Å². The number of fused-ring (bicyclic) bond motifs is 1. The van der Waals surface area contributed by atoms with Crippen molar-refractivity contribution in [1.82, 2.24) is 20.0 Å². The van der Waals surface area contributed by atoms with E-state index in [2.05, 4.69) is 15.3 Å². The summed E-state index contributed by atoms with van der Waals surface area (Å²) < 4.78 is 18.2. The van der Waals surface area contributed by atoms with Crippen LogP contribution in [-0.2, 0) is 22.6 Å². The van der Waals surface area contributed by atoms with Crippen molar-refractivity contribution < 1.29 is 23.8 Å². The molecule has 0 saturated heterocycles. The summed E-state index contributed by atoms with van der Waals surface area (Å²) in [6.45, 7) is 0.00975. The Hall–Kier alpha value is -3.98. The zero-order chi connectivity index (χ0) is 24.1. The monoisotopic (exact) mass is 480 g/mol. The molecule has 174 valence electrons. The third-order valence-electron chi connectivity index (χ3n) is 5.03. The summed E-state index contributed by atoms with van der Waals surface area (Å²) in [5.41, 5.74) is 1.35. The highest BCUT2D eigenvalue weighted by molar-refractivity contribution is 6.32. The van der Waals surface area contributed by atoms with Crippen LogP contribution in [0.3, 0.4) is 0 Å². The van der Waals surface area contributed by atoms with Crippen molar-refractivity contribution >= 4 is 34.1 Å². The van der Waals surface area contributed by atoms with Gasteiger partial charge in [-0.15, -0.1) is 5.10 Å². The van der Waals surface area contributed by atoms with Gasteiger partial charge in [0.2, 0.25) is 0 Å². The maximum Gasteiger partial charge on any atom is 0.162 e. The van der Waals surface area contributed by atoms with Crippen molar-refractivity contribution in [2.24, 2.45) is 0 Å². The van der Waals surface area contributed by atoms with Crippen molar-refractivity contribution in [3.8, 4) is 23.0 Å². The van der Waals surface area contributed by atoms with Gasteiger partial charge in [-0.1, -0.05) is 22.9 Å². The van der Waals surface area contributed by atoms with Crippen molar-refractivity contribution in [2.45, 2.75) is 19.4 Å². The van der Waals surface area contributed by atoms with E-state index in [1.807, 2.05) is 0 Å². The Labute approximate surface area is 200 Å². The number of carbonyl (C=O) groups is 2. The lowest BCUT2D eigenvalue weighted by Crippen LogP contribution is -2.16. The molecular weight excluding hydrogens is 460 g/mol. The van der Waals surface area contributed by atoms with Crippen LogP contribution in [0.2, 0.25) is 5.02 Å². The van der Waals surface area contributed by atoms with Crippen molar-refractivity contribution in [3.05, 3.63) is 65.6 Å². The number of Topliss-reactive ketones (excluding diaryl/α,β-unsaturated/α-hetero) is 2. The van der Waals surface area contributed by atoms with Gasteiger partial charge in [0.1, 0.15) is 23.8 Å². The van der Waals surface area contributed by atoms with Crippen molar-refractivity contribution in [1.29, 1.82) is 0 Å². The molecule has 0 saturated carbocycles. The summed E-state index contributed by atoms with van der Waals surface area (Å²) in [5, 5.41) is 8.42. The molecule has 4 aromatic rings. The highest BCUT2D eigenvalue weighted by atomic mass is 35.5. The summed E-state index contributed by atoms with van der Waals surface area (Å²) in [5.74, 6) is 1.62. The predicted octanol–water partition coefficient (Wildman–Crippen LogP) is 4.06. The van der Waals surface area contributed by atoms with Gasteiger partial charge in [0.15, 0.2) is 17.3 Å². The van der Waals surface area contributed by atoms with E-state index in [0.29, 0.717) is 39.1 Å². The zero-order valence-electron chi connectivity index (χ0n) is 18.5. The van der Waals surface area contributed by atoms with E-state index in [1.165, 1.54) is 10.9 Å². The molecule has 0 aliphatic carbocycles. The number of hydrogen-bond acceptors (Lipinski definition) is 8. The second-order valence-corrected chi connectivity index (χ2v) is 7.84. The van der Waals surface area contributed by atoms with Crippen LogP contribution in [0.1, 0.15) is 12.0 Å². The van der Waals surface area contributed by atoms with Gasteiger partial charge in [0.05, 0.1) is 37.4 Å². The maximum absolute atomic E-state index is 12.3. The highest BCUT2D eigenvalue weighted by Crippen LogP contribution is 2.38. The molecule has 34 heavy (non-hydrogen) atoms. The molecule has 10 heteroatoms. The Kier molecular flexibility index (Phi) is 7.03. The Morgan fingerprint density at radius 2 is 1.74 bits per heavy atom. The Bertz CT molecular complexity index is 1340. The van der Waals surface area contributed by atoms with Crippen LogP contribution in [0.15, 0.2) is 55.0 Å². The molecule has 2 aromatic carbocycles. The number of pyridine rings is 1. The number of halogens is 1. The lowest BCUT2D eigenvalue weighted by molar-refractivity contribution is -0.127. The molecule has 0 bridgehead atoms. The van der Waals surface area contributed by atoms with Crippen LogP contribution in [0.4, 0.5) is 0 Å². The SMILES string of the molecule is COc1cc2nccc(Oc3ccc(CC(=O)CC(=O)Cn4ccnn4)cc3Cl)c2cc1OC. The lowest BCUT2D eigenvalue weighted by atomic mass is 10.0. The first-order chi connectivity index (χ1) is 16.5. The number of benzene rings is 2. The first-order valence-electron chi connectivity index (χ1n) is 10.3. The number of aromatic nitrogens is 4. The van der Waals surface area contributed by atoms with E-state index in [1.54, 1.807) is 63.0 Å². The molecule has 9 nitrogen and oxygen atoms in total. The molecular formula is C24H21ClN4O5. The number of nitrogens with zero attached hydrogens (tertiary/aromatic N) is 4. The van der Waals surface area contributed by atoms with E-state index in [0.717, 1.165) is 5.39 Å². The van der Waals surface area contributed by atoms with Crippen LogP contribution in [0, 0.1) is 0 Å². The van der Waals surface area contributed by atoms with Gasteiger partial charge in [-0.2, -0.15) is 0 Å². The molecule has 0 radical (unpaired) electrons. The van der Waals surface area contributed by atoms with Crippen LogP contribution >= 0.6 is 11.6 Å². The van der Waals surface area contributed by atoms with Crippen LogP contribution in [-0.4, -0.2) is 45.8 Å². The molecule has 2 heterocycles. The van der Waals surface area contributed by atoms with E-state index in [9.17, 15) is 9.59 Å². The first kappa shape index (κ1) is 23.2. The van der Waals surface area contributed by atoms with E-state index < -0.39 is 0 Å². The van der Waals surface area contributed by atoms with E-state index in [4.69, 9.17) is 25.8 Å². The number of carbonyl (C=O) groups excluding carboxylic acids is 2. The minimum absolute atomic E-state index is 0.00975. The smallest absolute Gasteiger partial charge is 0.162 e. The van der Waals surface area contributed by atoms with Crippen LogP contribution in [0.5, 0.6) is 23.0 Å². The summed E-state index contributed by atoms with van der Waals surface area (Å²) in [7, 11) is 3.11. The second kappa shape index (κ2) is 10.3. The van der Waals surface area contributed by atoms with Gasteiger partial charge < -0.3 is 14.2 Å². The fraction of sp³-hybridized carbons (Fsp3) is 0.208. The van der Waals surface area contributed by atoms with Gasteiger partial charge in [-0.05, 0) is 29.8 Å². The summed E-state index contributed by atoms with van der Waals surface area (Å²) in [4.78, 5) is 28.7. The molecule has 0 N–H and O–H groups in total. The second-order valence-electron chi connectivity index (χ2n) is 7.43. The van der Waals surface area contributed by atoms with Gasteiger partial charge in [-0.3, -0.25) is 14.6 Å². The third-order valence-corrected chi connectivity index (χ3v) is 5.32. The zero-order valence-corrected chi connectivity index (χ0v) is 19.3. The minimum atomic E-state index is -0.238. The van der Waals surface area contributed by atoms with Crippen molar-refractivity contribution in [2.75, 3.05) is 14.2 Å². The highest BCUT2D eigenvalue weighted by Gasteiger charge is 2.15. The van der Waals surface area contributed by atoms with Gasteiger partial charge in [0, 0.05) is 30.3 Å². The van der Waals surface area contributed by atoms with Crippen LogP contribution in [0.25, 0.3) is 10.9 Å². The van der Waals surface area contributed by atoms with Crippen LogP contribution < -0.4 is 14.2 Å². The quantitative estimate of drug-likeness (QED) is 0.313. The molecule has 0 aliphatic heterocycles. The standard InChI is InChI=1S/C24H21ClN4O5/c1-32-23-12-18-20(13-24(23)33-2)26-6-5-21(18)34-22-4-3-15(10-19(22)25)9-16(30)11-17(31)14-29-8-7-27-28-29/h3-8,10,12-13H,9,11,14H2,1-2H3. The Balaban J connectivity index is 1.47. The van der Waals surface area contributed by atoms with Crippen molar-refractivity contribution in [3.63, 3.8) is 0 Å². The molecule has 2 aromatic heterocycles. The normalized spacial score (nSPS) is 10.8. The average molecular weight is 481 g/mol. The first-order valence-corrected chi connectivity index (χ1v) is 10.7. The number of methoxy groups -OCH3 is 2. The molecule has 0 fully saturated rings. The molecule has 0 aliphatic rings. The fourth-order valence-electron chi connectivity index (χ4n) is 3.46. The van der Waals surface area contributed by atoms with Gasteiger partial charge >= 0.3 is 0 Å². The Morgan fingerprint density at radius 1 is 0.941 bits per heavy atom. The molecule has 0 amide bonds. The lowest BCUT2D eigenvalue weighted by Gasteiger charge is -2.13. The largest absolute Gasteiger partial charge is 0.493 e. The number of ketones is 2. The topological polar surface area (TPSA) is 105 Å². The summed E-state index contributed by atoms with van der Waals surface area (Å²) >= 11 is 6.44. The molecule has 4 rings (SSSR count). The average Bonchev–Trinajstić information content (AvgIpc) is 3.32. The summed E-state index contributed by atoms with van der Waals surface area (Å²) in [6, 6.07) is 10.4. The third kappa shape index (κ3) is 5.32. The van der Waals surface area contributed by atoms with E-state index in [-0.39, 0.29) is 31.0 Å². The Morgan fingerprint density at radius 3 is 2.44 bits per heavy atom. The minimum Gasteiger partial charge on any atom is -0.493 e. The fourth-order valence-corrected chi connectivity index (χ4v) is 3.70. The van der Waals surface area contributed by atoms with E-state index >= 15 is 0 Å². The molecule has 0 spiro atoms. The maximum atomic E-state index is 12.3. The number of hydrogen-bond donors (Lipinski definition) is 0. The molecule has 0 atom stereocenters. The van der Waals surface area contributed by atoms with Gasteiger partial charge in [0.25, 0.3) is 0 Å². The number of ether oxygens (including phenoxy) is 3. The molecule has 0 unspecified atom stereocenters.